The van der Waals surface area contributed by atoms with Crippen molar-refractivity contribution >= 4 is 12.4 Å². The maximum Gasteiger partial charge on any atom is 0.177 e. The van der Waals surface area contributed by atoms with Crippen molar-refractivity contribution in [2.75, 3.05) is 0 Å². The molecule has 0 unspecified atom stereocenters. The van der Waals surface area contributed by atoms with Gasteiger partial charge in [-0.05, 0) is 25.0 Å². The maximum atomic E-state index is 4.26. The van der Waals surface area contributed by atoms with Gasteiger partial charge in [0.1, 0.15) is 13.1 Å². The maximum absolute atomic E-state index is 4.26. The van der Waals surface area contributed by atoms with Crippen LogP contribution in [-0.4, -0.2) is 12.4 Å². The molecule has 0 spiro atoms. The van der Waals surface area contributed by atoms with Crippen LogP contribution in [0.4, 0.5) is 0 Å². The van der Waals surface area contributed by atoms with Crippen molar-refractivity contribution in [2.24, 2.45) is 10.2 Å². The fourth-order valence-electron chi connectivity index (χ4n) is 3.86. The van der Waals surface area contributed by atoms with Crippen LogP contribution in [0, 0.1) is 0 Å². The van der Waals surface area contributed by atoms with Crippen LogP contribution in [0.1, 0.15) is 102 Å². The Morgan fingerprint density at radius 3 is 1.44 bits per heavy atom. The highest BCUT2D eigenvalue weighted by Crippen LogP contribution is 2.05. The number of nitrogens with zero attached hydrogens (tertiary/aromatic N) is 4. The lowest BCUT2D eigenvalue weighted by molar-refractivity contribution is -0.697. The summed E-state index contributed by atoms with van der Waals surface area (Å²) in [5, 5.41) is 8.53. The number of hydrogen-bond donors (Lipinski definition) is 0. The molecule has 0 N–H and O–H groups in total. The molecule has 0 fully saturated rings. The highest BCUT2D eigenvalue weighted by Gasteiger charge is 2.03. The molecule has 0 radical (unpaired) electrons. The first kappa shape index (κ1) is 25.9. The molecule has 4 heteroatoms. The van der Waals surface area contributed by atoms with E-state index in [4.69, 9.17) is 0 Å². The summed E-state index contributed by atoms with van der Waals surface area (Å²) >= 11 is 0. The van der Waals surface area contributed by atoms with Crippen LogP contribution in [0.25, 0.3) is 0 Å². The van der Waals surface area contributed by atoms with E-state index in [1.807, 2.05) is 12.4 Å². The normalized spacial score (nSPS) is 11.7. The van der Waals surface area contributed by atoms with E-state index in [1.165, 1.54) is 77.0 Å². The van der Waals surface area contributed by atoms with Crippen LogP contribution in [0.15, 0.2) is 59.3 Å². The van der Waals surface area contributed by atoms with Crippen molar-refractivity contribution in [1.82, 2.24) is 0 Å². The molecule has 174 valence electrons. The molecule has 2 rings (SSSR count). The Hall–Kier alpha value is -2.36. The summed E-state index contributed by atoms with van der Waals surface area (Å²) in [4.78, 5) is 0. The summed E-state index contributed by atoms with van der Waals surface area (Å²) in [5.74, 6) is 0. The lowest BCUT2D eigenvalue weighted by Crippen LogP contribution is -2.33. The van der Waals surface area contributed by atoms with Crippen LogP contribution < -0.4 is 9.13 Å². The van der Waals surface area contributed by atoms with Gasteiger partial charge in [0, 0.05) is 25.0 Å². The van der Waals surface area contributed by atoms with Crippen molar-refractivity contribution in [1.29, 1.82) is 0 Å². The molecule has 0 amide bonds. The third-order valence-electron chi connectivity index (χ3n) is 5.78. The number of unbranched alkanes of at least 4 members (excludes halogenated alkanes) is 10. The van der Waals surface area contributed by atoms with E-state index >= 15 is 0 Å². The molecule has 0 saturated carbocycles. The Labute approximate surface area is 196 Å². The highest BCUT2D eigenvalue weighted by atomic mass is 15.2. The van der Waals surface area contributed by atoms with Crippen LogP contribution in [0.3, 0.4) is 0 Å². The minimum atomic E-state index is 1.07. The van der Waals surface area contributed by atoms with E-state index in [-0.39, 0.29) is 0 Å². The second-order valence-corrected chi connectivity index (χ2v) is 8.77. The molecule has 2 aromatic rings. The highest BCUT2D eigenvalue weighted by molar-refractivity contribution is 5.81. The average Bonchev–Trinajstić information content (AvgIpc) is 2.82. The molecule has 0 aliphatic heterocycles. The minimum Gasteiger partial charge on any atom is -0.204 e. The number of rotatable bonds is 17. The SMILES string of the molecule is CCCCCCCC[n+]1cccc(/C=N/N=C/c2ccc[n+](CCCCCCCC)c2)c1. The van der Waals surface area contributed by atoms with Crippen molar-refractivity contribution < 1.29 is 9.13 Å². The molecule has 0 saturated heterocycles. The first-order valence-electron chi connectivity index (χ1n) is 12.9. The van der Waals surface area contributed by atoms with E-state index in [0.29, 0.717) is 0 Å². The molecule has 0 atom stereocenters. The third-order valence-corrected chi connectivity index (χ3v) is 5.78. The Morgan fingerprint density at radius 2 is 1.00 bits per heavy atom. The summed E-state index contributed by atoms with van der Waals surface area (Å²) in [7, 11) is 0. The lowest BCUT2D eigenvalue weighted by atomic mass is 10.1. The smallest absolute Gasteiger partial charge is 0.177 e. The van der Waals surface area contributed by atoms with Gasteiger partial charge in [0.15, 0.2) is 24.8 Å². The minimum absolute atomic E-state index is 1.07. The molecule has 2 aromatic heterocycles. The summed E-state index contributed by atoms with van der Waals surface area (Å²) in [6.07, 6.45) is 28.1. The Kier molecular flexibility index (Phi) is 13.9. The average molecular weight is 437 g/mol. The zero-order valence-electron chi connectivity index (χ0n) is 20.5. The van der Waals surface area contributed by atoms with Gasteiger partial charge in [0.25, 0.3) is 0 Å². The number of aromatic nitrogens is 2. The Bertz CT molecular complexity index is 730. The third kappa shape index (κ3) is 11.9. The zero-order valence-corrected chi connectivity index (χ0v) is 20.5. The quantitative estimate of drug-likeness (QED) is 0.118. The second kappa shape index (κ2) is 17.2. The number of hydrogen-bond acceptors (Lipinski definition) is 2. The largest absolute Gasteiger partial charge is 0.204 e. The van der Waals surface area contributed by atoms with Crippen LogP contribution >= 0.6 is 0 Å². The van der Waals surface area contributed by atoms with Gasteiger partial charge in [-0.25, -0.2) is 9.13 Å². The summed E-state index contributed by atoms with van der Waals surface area (Å²) in [6, 6.07) is 8.33. The lowest BCUT2D eigenvalue weighted by Gasteiger charge is -1.99. The van der Waals surface area contributed by atoms with E-state index in [0.717, 1.165) is 24.2 Å². The molecule has 0 aliphatic carbocycles. The molecular formula is C28H44N4+2. The molecular weight excluding hydrogens is 392 g/mol. The van der Waals surface area contributed by atoms with Crippen LogP contribution in [0.5, 0.6) is 0 Å². The fourth-order valence-corrected chi connectivity index (χ4v) is 3.86. The van der Waals surface area contributed by atoms with E-state index in [9.17, 15) is 0 Å². The molecule has 4 nitrogen and oxygen atoms in total. The Morgan fingerprint density at radius 1 is 0.594 bits per heavy atom. The molecule has 0 aliphatic rings. The fraction of sp³-hybridized carbons (Fsp3) is 0.571. The summed E-state index contributed by atoms with van der Waals surface area (Å²) in [5.41, 5.74) is 2.17. The van der Waals surface area contributed by atoms with Crippen LogP contribution in [-0.2, 0) is 13.1 Å². The first-order chi connectivity index (χ1) is 15.8. The second-order valence-electron chi connectivity index (χ2n) is 8.77. The number of aryl methyl sites for hydroxylation is 2. The van der Waals surface area contributed by atoms with Gasteiger partial charge >= 0.3 is 0 Å². The van der Waals surface area contributed by atoms with Crippen LogP contribution in [0.2, 0.25) is 0 Å². The van der Waals surface area contributed by atoms with E-state index in [1.54, 1.807) is 0 Å². The van der Waals surface area contributed by atoms with E-state index in [2.05, 4.69) is 82.2 Å². The standard InChI is InChI=1S/C28H44N4/c1-3-5-7-9-11-13-19-31-21-15-17-27(25-31)23-29-30-24-28-18-16-22-32(26-28)20-14-12-10-8-6-4-2/h15-18,21-26H,3-14,19-20H2,1-2H3/q+2/b29-23+,30-24+. The predicted octanol–water partition coefficient (Wildman–Crippen LogP) is 6.44. The van der Waals surface area contributed by atoms with Crippen molar-refractivity contribution in [3.05, 3.63) is 60.2 Å². The first-order valence-corrected chi connectivity index (χ1v) is 12.9. The van der Waals surface area contributed by atoms with Gasteiger partial charge in [-0.2, -0.15) is 10.2 Å². The summed E-state index contributed by atoms with van der Waals surface area (Å²) < 4.78 is 4.51. The van der Waals surface area contributed by atoms with Gasteiger partial charge in [0.2, 0.25) is 0 Å². The Balaban J connectivity index is 1.74. The van der Waals surface area contributed by atoms with Gasteiger partial charge in [-0.1, -0.05) is 65.2 Å². The zero-order chi connectivity index (χ0) is 22.7. The monoisotopic (exact) mass is 436 g/mol. The van der Waals surface area contributed by atoms with E-state index < -0.39 is 0 Å². The molecule has 0 bridgehead atoms. The van der Waals surface area contributed by atoms with Gasteiger partial charge in [0.05, 0.1) is 23.6 Å². The predicted molar refractivity (Wildman–Crippen MR) is 135 cm³/mol. The van der Waals surface area contributed by atoms with Crippen molar-refractivity contribution in [3.63, 3.8) is 0 Å². The molecule has 2 heterocycles. The molecule has 0 aromatic carbocycles. The summed E-state index contributed by atoms with van der Waals surface area (Å²) in [6.45, 7) is 6.67. The van der Waals surface area contributed by atoms with Gasteiger partial charge in [-0.15, -0.1) is 0 Å². The van der Waals surface area contributed by atoms with Crippen molar-refractivity contribution in [2.45, 2.75) is 104 Å². The van der Waals surface area contributed by atoms with Crippen molar-refractivity contribution in [3.8, 4) is 0 Å². The number of pyridine rings is 2. The van der Waals surface area contributed by atoms with Gasteiger partial charge < -0.3 is 0 Å². The molecule has 32 heavy (non-hydrogen) atoms. The topological polar surface area (TPSA) is 32.5 Å². The van der Waals surface area contributed by atoms with Gasteiger partial charge in [-0.3, -0.25) is 0 Å².